The SMILES string of the molecule is CCCC(O)CN(Cc1ccc(C(F)(F)F)cc1F)c1cccc(Oc2cccc(C(C)C)c2)c1. The summed E-state index contributed by atoms with van der Waals surface area (Å²) in [5.41, 5.74) is 0.880. The van der Waals surface area contributed by atoms with E-state index in [9.17, 15) is 22.7 Å². The molecule has 7 heteroatoms. The minimum Gasteiger partial charge on any atom is -0.457 e. The molecule has 3 rings (SSSR count). The molecule has 0 aliphatic heterocycles. The quantitative estimate of drug-likeness (QED) is 0.294. The van der Waals surface area contributed by atoms with Gasteiger partial charge in [0.15, 0.2) is 0 Å². The molecule has 0 aliphatic rings. The summed E-state index contributed by atoms with van der Waals surface area (Å²) >= 11 is 0. The van der Waals surface area contributed by atoms with Gasteiger partial charge in [-0.1, -0.05) is 51.5 Å². The number of ether oxygens (including phenoxy) is 1. The molecule has 0 radical (unpaired) electrons. The number of aliphatic hydroxyl groups is 1. The zero-order chi connectivity index (χ0) is 25.6. The van der Waals surface area contributed by atoms with E-state index >= 15 is 0 Å². The topological polar surface area (TPSA) is 32.7 Å². The highest BCUT2D eigenvalue weighted by Gasteiger charge is 2.31. The summed E-state index contributed by atoms with van der Waals surface area (Å²) in [5.74, 6) is 0.651. The molecule has 1 N–H and O–H groups in total. The molecule has 3 aromatic rings. The molecular formula is C28H31F4NO2. The highest BCUT2D eigenvalue weighted by atomic mass is 19.4. The van der Waals surface area contributed by atoms with Crippen LogP contribution in [0.5, 0.6) is 11.5 Å². The molecule has 1 unspecified atom stereocenters. The van der Waals surface area contributed by atoms with Crippen molar-refractivity contribution in [3.05, 3.63) is 89.2 Å². The van der Waals surface area contributed by atoms with Crippen LogP contribution in [0.2, 0.25) is 0 Å². The summed E-state index contributed by atoms with van der Waals surface area (Å²) in [6.45, 7) is 6.33. The monoisotopic (exact) mass is 489 g/mol. The Morgan fingerprint density at radius 2 is 1.63 bits per heavy atom. The molecule has 0 saturated carbocycles. The van der Waals surface area contributed by atoms with E-state index in [-0.39, 0.29) is 18.7 Å². The van der Waals surface area contributed by atoms with Crippen molar-refractivity contribution in [2.24, 2.45) is 0 Å². The van der Waals surface area contributed by atoms with Gasteiger partial charge in [0.1, 0.15) is 17.3 Å². The van der Waals surface area contributed by atoms with Crippen LogP contribution < -0.4 is 9.64 Å². The minimum absolute atomic E-state index is 0.00294. The summed E-state index contributed by atoms with van der Waals surface area (Å²) in [4.78, 5) is 1.75. The van der Waals surface area contributed by atoms with E-state index in [1.807, 2.05) is 31.2 Å². The summed E-state index contributed by atoms with van der Waals surface area (Å²) < 4.78 is 59.5. The van der Waals surface area contributed by atoms with E-state index in [0.717, 1.165) is 24.1 Å². The fraction of sp³-hybridized carbons (Fsp3) is 0.357. The summed E-state index contributed by atoms with van der Waals surface area (Å²) in [5, 5.41) is 10.5. The lowest BCUT2D eigenvalue weighted by molar-refractivity contribution is -0.137. The highest BCUT2D eigenvalue weighted by Crippen LogP contribution is 2.32. The number of halogens is 4. The number of anilines is 1. The zero-order valence-electron chi connectivity index (χ0n) is 20.1. The van der Waals surface area contributed by atoms with Gasteiger partial charge in [-0.25, -0.2) is 4.39 Å². The number of alkyl halides is 3. The average Bonchev–Trinajstić information content (AvgIpc) is 2.79. The van der Waals surface area contributed by atoms with Gasteiger partial charge >= 0.3 is 6.18 Å². The second-order valence-corrected chi connectivity index (χ2v) is 8.95. The van der Waals surface area contributed by atoms with E-state index in [1.54, 1.807) is 29.2 Å². The Kier molecular flexibility index (Phi) is 8.78. The maximum atomic E-state index is 14.6. The molecule has 0 fully saturated rings. The van der Waals surface area contributed by atoms with Crippen molar-refractivity contribution in [3.8, 4) is 11.5 Å². The second kappa shape index (κ2) is 11.6. The van der Waals surface area contributed by atoms with Crippen LogP contribution in [0.3, 0.4) is 0 Å². The van der Waals surface area contributed by atoms with Crippen molar-refractivity contribution in [3.63, 3.8) is 0 Å². The third kappa shape index (κ3) is 7.46. The van der Waals surface area contributed by atoms with Crippen molar-refractivity contribution >= 4 is 5.69 Å². The van der Waals surface area contributed by atoms with Gasteiger partial charge in [0.25, 0.3) is 0 Å². The first-order valence-corrected chi connectivity index (χ1v) is 11.7. The fourth-order valence-electron chi connectivity index (χ4n) is 3.81. The average molecular weight is 490 g/mol. The van der Waals surface area contributed by atoms with Crippen LogP contribution in [0, 0.1) is 5.82 Å². The molecule has 3 aromatic carbocycles. The molecule has 35 heavy (non-hydrogen) atoms. The van der Waals surface area contributed by atoms with Crippen molar-refractivity contribution in [2.45, 2.75) is 58.4 Å². The Labute approximate surface area is 204 Å². The molecule has 0 aliphatic carbocycles. The van der Waals surface area contributed by atoms with Crippen molar-refractivity contribution in [2.75, 3.05) is 11.4 Å². The number of nitrogens with zero attached hydrogens (tertiary/aromatic N) is 1. The Morgan fingerprint density at radius 3 is 2.26 bits per heavy atom. The largest absolute Gasteiger partial charge is 0.457 e. The van der Waals surface area contributed by atoms with Gasteiger partial charge in [0.05, 0.1) is 11.7 Å². The van der Waals surface area contributed by atoms with Crippen LogP contribution in [0.1, 0.15) is 56.2 Å². The Balaban J connectivity index is 1.88. The maximum Gasteiger partial charge on any atom is 0.416 e. The van der Waals surface area contributed by atoms with Crippen molar-refractivity contribution in [1.82, 2.24) is 0 Å². The van der Waals surface area contributed by atoms with Gasteiger partial charge in [0, 0.05) is 30.4 Å². The first kappa shape index (κ1) is 26.5. The van der Waals surface area contributed by atoms with Crippen LogP contribution in [-0.2, 0) is 12.7 Å². The molecule has 0 bridgehead atoms. The zero-order valence-corrected chi connectivity index (χ0v) is 20.1. The lowest BCUT2D eigenvalue weighted by atomic mass is 10.0. The van der Waals surface area contributed by atoms with E-state index in [1.165, 1.54) is 0 Å². The molecule has 0 heterocycles. The predicted octanol–water partition coefficient (Wildman–Crippen LogP) is 7.93. The van der Waals surface area contributed by atoms with Crippen LogP contribution in [-0.4, -0.2) is 17.8 Å². The first-order valence-electron chi connectivity index (χ1n) is 11.7. The summed E-state index contributed by atoms with van der Waals surface area (Å²) in [7, 11) is 0. The van der Waals surface area contributed by atoms with E-state index in [4.69, 9.17) is 4.74 Å². The number of rotatable bonds is 10. The Hall–Kier alpha value is -3.06. The van der Waals surface area contributed by atoms with E-state index < -0.39 is 23.7 Å². The van der Waals surface area contributed by atoms with Gasteiger partial charge in [-0.05, 0) is 54.3 Å². The third-order valence-corrected chi connectivity index (χ3v) is 5.74. The van der Waals surface area contributed by atoms with Crippen molar-refractivity contribution < 1.29 is 27.4 Å². The molecule has 0 aromatic heterocycles. The van der Waals surface area contributed by atoms with Gasteiger partial charge < -0.3 is 14.7 Å². The van der Waals surface area contributed by atoms with Crippen LogP contribution in [0.4, 0.5) is 23.2 Å². The molecule has 1 atom stereocenters. The summed E-state index contributed by atoms with van der Waals surface area (Å²) in [6, 6.07) is 17.5. The maximum absolute atomic E-state index is 14.6. The predicted molar refractivity (Wildman–Crippen MR) is 130 cm³/mol. The minimum atomic E-state index is -4.62. The third-order valence-electron chi connectivity index (χ3n) is 5.74. The van der Waals surface area contributed by atoms with E-state index in [0.29, 0.717) is 35.6 Å². The van der Waals surface area contributed by atoms with Gasteiger partial charge in [-0.15, -0.1) is 0 Å². The molecule has 0 amide bonds. The Bertz CT molecular complexity index is 1110. The van der Waals surface area contributed by atoms with Gasteiger partial charge in [0.2, 0.25) is 0 Å². The molecule has 188 valence electrons. The fourth-order valence-corrected chi connectivity index (χ4v) is 3.81. The normalized spacial score (nSPS) is 12.6. The number of aliphatic hydroxyl groups excluding tert-OH is 1. The standard InChI is InChI=1S/C28H31F4NO2/c1-4-7-24(34)18-33(17-21-12-13-22(15-27(21)29)28(30,31)32)23-9-6-11-26(16-23)35-25-10-5-8-20(14-25)19(2)3/h5-6,8-16,19,24,34H,4,7,17-18H2,1-3H3. The summed E-state index contributed by atoms with van der Waals surface area (Å²) in [6.07, 6.45) is -3.98. The van der Waals surface area contributed by atoms with Crippen LogP contribution in [0.25, 0.3) is 0 Å². The lowest BCUT2D eigenvalue weighted by Crippen LogP contribution is -2.32. The molecule has 3 nitrogen and oxygen atoms in total. The molecule has 0 spiro atoms. The molecule has 0 saturated heterocycles. The first-order chi connectivity index (χ1) is 16.6. The number of benzene rings is 3. The Morgan fingerprint density at radius 1 is 0.943 bits per heavy atom. The lowest BCUT2D eigenvalue weighted by Gasteiger charge is -2.28. The number of hydrogen-bond donors (Lipinski definition) is 1. The van der Waals surface area contributed by atoms with Crippen molar-refractivity contribution in [1.29, 1.82) is 0 Å². The smallest absolute Gasteiger partial charge is 0.416 e. The van der Waals surface area contributed by atoms with Gasteiger partial charge in [-0.3, -0.25) is 0 Å². The van der Waals surface area contributed by atoms with E-state index in [2.05, 4.69) is 13.8 Å². The van der Waals surface area contributed by atoms with Crippen LogP contribution in [0.15, 0.2) is 66.7 Å². The van der Waals surface area contributed by atoms with Gasteiger partial charge in [-0.2, -0.15) is 13.2 Å². The van der Waals surface area contributed by atoms with Crippen LogP contribution >= 0.6 is 0 Å². The number of hydrogen-bond acceptors (Lipinski definition) is 3. The highest BCUT2D eigenvalue weighted by molar-refractivity contribution is 5.52. The molecular weight excluding hydrogens is 458 g/mol. The second-order valence-electron chi connectivity index (χ2n) is 8.95.